The van der Waals surface area contributed by atoms with E-state index >= 15 is 0 Å². The highest BCUT2D eigenvalue weighted by Gasteiger charge is 2.12. The first-order valence-corrected chi connectivity index (χ1v) is 9.56. The van der Waals surface area contributed by atoms with E-state index in [1.807, 2.05) is 42.7 Å². The van der Waals surface area contributed by atoms with Crippen LogP contribution in [0.4, 0.5) is 0 Å². The molecule has 0 saturated carbocycles. The number of carbonyl (C=O) groups is 1. The van der Waals surface area contributed by atoms with Crippen LogP contribution in [0, 0.1) is 0 Å². The molecule has 0 amide bonds. The minimum atomic E-state index is -0.0515. The molecule has 0 N–H and O–H groups in total. The lowest BCUT2D eigenvalue weighted by molar-refractivity contribution is 0.0920. The Labute approximate surface area is 153 Å². The van der Waals surface area contributed by atoms with E-state index in [0.29, 0.717) is 11.3 Å². The van der Waals surface area contributed by atoms with Crippen LogP contribution < -0.4 is 4.74 Å². The van der Waals surface area contributed by atoms with Gasteiger partial charge in [0.2, 0.25) is 0 Å². The van der Waals surface area contributed by atoms with E-state index in [1.54, 1.807) is 11.8 Å². The second-order valence-electron chi connectivity index (χ2n) is 4.14. The first-order valence-electron chi connectivity index (χ1n) is 5.96. The van der Waals surface area contributed by atoms with Gasteiger partial charge in [0, 0.05) is 14.9 Å². The van der Waals surface area contributed by atoms with Crippen molar-refractivity contribution in [1.29, 1.82) is 0 Å². The van der Waals surface area contributed by atoms with E-state index in [2.05, 4.69) is 47.8 Å². The van der Waals surface area contributed by atoms with Gasteiger partial charge in [0.1, 0.15) is 5.75 Å². The van der Waals surface area contributed by atoms with Gasteiger partial charge in [0.05, 0.1) is 8.95 Å². The summed E-state index contributed by atoms with van der Waals surface area (Å²) in [5, 5.41) is 0. The molecular weight excluding hydrogens is 484 g/mol. The van der Waals surface area contributed by atoms with E-state index in [0.717, 1.165) is 18.3 Å². The fourth-order valence-corrected chi connectivity index (χ4v) is 4.56. The van der Waals surface area contributed by atoms with Crippen LogP contribution in [0.15, 0.2) is 54.7 Å². The summed E-state index contributed by atoms with van der Waals surface area (Å²) in [5.41, 5.74) is 0.650. The number of carbonyl (C=O) groups excluding carboxylic acids is 1. The van der Waals surface area contributed by atoms with Crippen molar-refractivity contribution < 1.29 is 9.53 Å². The third kappa shape index (κ3) is 4.58. The highest BCUT2D eigenvalue weighted by Crippen LogP contribution is 2.36. The Kier molecular flexibility index (Phi) is 6.34. The van der Waals surface area contributed by atoms with Crippen LogP contribution in [0.2, 0.25) is 0 Å². The van der Waals surface area contributed by atoms with Gasteiger partial charge in [-0.2, -0.15) is 0 Å². The zero-order valence-electron chi connectivity index (χ0n) is 11.0. The molecule has 0 saturated heterocycles. The molecule has 0 bridgehead atoms. The molecule has 0 fully saturated rings. The van der Waals surface area contributed by atoms with Crippen molar-refractivity contribution in [2.75, 3.05) is 12.9 Å². The molecule has 21 heavy (non-hydrogen) atoms. The van der Waals surface area contributed by atoms with Gasteiger partial charge in [-0.15, -0.1) is 11.8 Å². The number of halogens is 3. The maximum Gasteiger partial charge on any atom is 0.200 e. The number of Topliss-reactive ketones (excluding diaryl/α,β-unsaturated/α-hetero) is 1. The first kappa shape index (κ1) is 17.1. The van der Waals surface area contributed by atoms with Crippen LogP contribution in [-0.2, 0) is 0 Å². The summed E-state index contributed by atoms with van der Waals surface area (Å²) in [6.45, 7) is -0.00253. The minimum absolute atomic E-state index is 0.00253. The number of thioether (sulfide) groups is 1. The average Bonchev–Trinajstić information content (AvgIpc) is 2.46. The van der Waals surface area contributed by atoms with Gasteiger partial charge in [-0.3, -0.25) is 4.79 Å². The van der Waals surface area contributed by atoms with Gasteiger partial charge in [-0.1, -0.05) is 28.1 Å². The summed E-state index contributed by atoms with van der Waals surface area (Å²) >= 11 is 11.9. The van der Waals surface area contributed by atoms with Crippen LogP contribution in [0.5, 0.6) is 5.75 Å². The van der Waals surface area contributed by atoms with Crippen molar-refractivity contribution in [3.63, 3.8) is 0 Å². The zero-order chi connectivity index (χ0) is 15.4. The highest BCUT2D eigenvalue weighted by molar-refractivity contribution is 9.11. The van der Waals surface area contributed by atoms with Gasteiger partial charge in [0.15, 0.2) is 12.4 Å². The number of rotatable bonds is 5. The number of ether oxygens (including phenoxy) is 1. The molecular formula is C15H11Br3O2S. The van der Waals surface area contributed by atoms with Crippen LogP contribution >= 0.6 is 59.6 Å². The Morgan fingerprint density at radius 3 is 2.19 bits per heavy atom. The summed E-state index contributed by atoms with van der Waals surface area (Å²) < 4.78 is 8.12. The second kappa shape index (κ2) is 7.81. The van der Waals surface area contributed by atoms with Crippen molar-refractivity contribution in [3.05, 3.63) is 55.4 Å². The molecule has 0 spiro atoms. The molecule has 0 atom stereocenters. The monoisotopic (exact) mass is 492 g/mol. The Bertz CT molecular complexity index is 633. The molecule has 2 aromatic carbocycles. The lowest BCUT2D eigenvalue weighted by Gasteiger charge is -2.10. The molecule has 110 valence electrons. The molecule has 0 aromatic heterocycles. The quantitative estimate of drug-likeness (QED) is 0.379. The summed E-state index contributed by atoms with van der Waals surface area (Å²) in [4.78, 5) is 13.3. The lowest BCUT2D eigenvalue weighted by Crippen LogP contribution is -2.12. The standard InChI is InChI=1S/C15H11Br3O2S/c1-21-11-4-2-9(3-5-11)14(19)8-20-15-12(17)6-10(16)7-13(15)18/h2-7H,8H2,1H3. The summed E-state index contributed by atoms with van der Waals surface area (Å²) in [5.74, 6) is 0.566. The predicted octanol–water partition coefficient (Wildman–Crippen LogP) is 5.96. The number of benzene rings is 2. The Morgan fingerprint density at radius 1 is 1.10 bits per heavy atom. The Morgan fingerprint density at radius 2 is 1.67 bits per heavy atom. The van der Waals surface area contributed by atoms with Gasteiger partial charge in [-0.25, -0.2) is 0 Å². The number of hydrogen-bond donors (Lipinski definition) is 0. The van der Waals surface area contributed by atoms with E-state index in [-0.39, 0.29) is 12.4 Å². The molecule has 6 heteroatoms. The van der Waals surface area contributed by atoms with Crippen LogP contribution in [-0.4, -0.2) is 18.6 Å². The summed E-state index contributed by atoms with van der Waals surface area (Å²) in [7, 11) is 0. The SMILES string of the molecule is CSc1ccc(C(=O)COc2c(Br)cc(Br)cc2Br)cc1. The molecule has 0 aliphatic carbocycles. The molecule has 2 aromatic rings. The van der Waals surface area contributed by atoms with Crippen molar-refractivity contribution in [1.82, 2.24) is 0 Å². The number of ketones is 1. The Balaban J connectivity index is 2.07. The molecule has 0 unspecified atom stereocenters. The maximum atomic E-state index is 12.1. The molecule has 0 aliphatic heterocycles. The lowest BCUT2D eigenvalue weighted by atomic mass is 10.1. The molecule has 0 radical (unpaired) electrons. The van der Waals surface area contributed by atoms with E-state index in [9.17, 15) is 4.79 Å². The topological polar surface area (TPSA) is 26.3 Å². The van der Waals surface area contributed by atoms with Gasteiger partial charge >= 0.3 is 0 Å². The molecule has 0 aliphatic rings. The van der Waals surface area contributed by atoms with Gasteiger partial charge in [0.25, 0.3) is 0 Å². The summed E-state index contributed by atoms with van der Waals surface area (Å²) in [6, 6.07) is 11.3. The van der Waals surface area contributed by atoms with Gasteiger partial charge in [-0.05, 0) is 62.4 Å². The number of hydrogen-bond acceptors (Lipinski definition) is 3. The normalized spacial score (nSPS) is 10.5. The van der Waals surface area contributed by atoms with E-state index in [4.69, 9.17) is 4.74 Å². The van der Waals surface area contributed by atoms with Crippen LogP contribution in [0.1, 0.15) is 10.4 Å². The maximum absolute atomic E-state index is 12.1. The third-order valence-corrected chi connectivity index (χ3v) is 5.10. The fourth-order valence-electron chi connectivity index (χ4n) is 1.66. The fraction of sp³-hybridized carbons (Fsp3) is 0.133. The predicted molar refractivity (Wildman–Crippen MR) is 97.6 cm³/mol. The summed E-state index contributed by atoms with van der Waals surface area (Å²) in [6.07, 6.45) is 2.00. The van der Waals surface area contributed by atoms with E-state index in [1.165, 1.54) is 0 Å². The molecule has 2 nitrogen and oxygen atoms in total. The molecule has 2 rings (SSSR count). The van der Waals surface area contributed by atoms with Crippen molar-refractivity contribution in [2.24, 2.45) is 0 Å². The van der Waals surface area contributed by atoms with Crippen LogP contribution in [0.3, 0.4) is 0 Å². The minimum Gasteiger partial charge on any atom is -0.483 e. The second-order valence-corrected chi connectivity index (χ2v) is 7.64. The average molecular weight is 495 g/mol. The first-order chi connectivity index (χ1) is 10.0. The van der Waals surface area contributed by atoms with E-state index < -0.39 is 0 Å². The van der Waals surface area contributed by atoms with Crippen LogP contribution in [0.25, 0.3) is 0 Å². The zero-order valence-corrected chi connectivity index (χ0v) is 16.6. The largest absolute Gasteiger partial charge is 0.483 e. The Hall–Kier alpha value is -0.300. The highest BCUT2D eigenvalue weighted by atomic mass is 79.9. The smallest absolute Gasteiger partial charge is 0.200 e. The van der Waals surface area contributed by atoms with Gasteiger partial charge < -0.3 is 4.74 Å². The van der Waals surface area contributed by atoms with Crippen molar-refractivity contribution >= 4 is 65.3 Å². The molecule has 0 heterocycles. The van der Waals surface area contributed by atoms with Crippen molar-refractivity contribution in [3.8, 4) is 5.75 Å². The third-order valence-electron chi connectivity index (χ3n) is 2.72. The van der Waals surface area contributed by atoms with Crippen molar-refractivity contribution in [2.45, 2.75) is 4.90 Å².